The number of rotatable bonds is 16. The molecule has 0 bridgehead atoms. The molecule has 0 aliphatic carbocycles. The third kappa shape index (κ3) is 11.0. The predicted octanol–water partition coefficient (Wildman–Crippen LogP) is -0.604. The van der Waals surface area contributed by atoms with Gasteiger partial charge in [0.05, 0.1) is 51.8 Å². The molecule has 0 radical (unpaired) electrons. The molecule has 0 saturated heterocycles. The minimum Gasteiger partial charge on any atom is -0.480 e. The fraction of sp³-hybridized carbons (Fsp3) is 0.529. The third-order valence-electron chi connectivity index (χ3n) is 3.40. The summed E-state index contributed by atoms with van der Waals surface area (Å²) in [4.78, 5) is 21.7. The summed E-state index contributed by atoms with van der Waals surface area (Å²) >= 11 is 0. The summed E-state index contributed by atoms with van der Waals surface area (Å²) in [6, 6.07) is 3.57. The topological polar surface area (TPSA) is 184 Å². The van der Waals surface area contributed by atoms with Gasteiger partial charge in [-0.2, -0.15) is 8.42 Å². The summed E-state index contributed by atoms with van der Waals surface area (Å²) in [7, 11) is -4.59. The number of nitrogens with one attached hydrogen (secondary N) is 1. The Labute approximate surface area is 174 Å². The second-order valence-electron chi connectivity index (χ2n) is 5.77. The molecule has 13 heteroatoms. The zero-order valence-corrected chi connectivity index (χ0v) is 17.1. The molecule has 0 spiro atoms. The van der Waals surface area contributed by atoms with Crippen molar-refractivity contribution < 1.29 is 46.6 Å². The van der Waals surface area contributed by atoms with E-state index in [9.17, 15) is 22.6 Å². The van der Waals surface area contributed by atoms with Crippen LogP contribution in [0, 0.1) is 0 Å². The van der Waals surface area contributed by atoms with Crippen LogP contribution in [0.3, 0.4) is 0 Å². The van der Waals surface area contributed by atoms with Crippen molar-refractivity contribution >= 4 is 27.7 Å². The first-order chi connectivity index (χ1) is 14.2. The van der Waals surface area contributed by atoms with E-state index in [1.54, 1.807) is 0 Å². The number of carboxylic acids is 1. The maximum Gasteiger partial charge on any atom is 0.329 e. The van der Waals surface area contributed by atoms with Gasteiger partial charge in [-0.1, -0.05) is 0 Å². The maximum atomic E-state index is 12.1. The monoisotopic (exact) mass is 450 g/mol. The Morgan fingerprint density at radius 3 is 2.00 bits per heavy atom. The van der Waals surface area contributed by atoms with Gasteiger partial charge in [-0.3, -0.25) is 9.35 Å². The van der Waals surface area contributed by atoms with Gasteiger partial charge in [0.1, 0.15) is 11.5 Å². The molecular formula is C17H26N2O10S. The fourth-order valence-electron chi connectivity index (χ4n) is 2.09. The van der Waals surface area contributed by atoms with Crippen LogP contribution in [0.25, 0.3) is 0 Å². The number of carboxylic acid groups (broad SMARTS) is 1. The standard InChI is InChI=1S/C17H26N2O10S/c18-13-1-2-14(15(11-13)30(23,24)25)17(22)19-3-4-26-5-6-27-7-8-28-9-10-29-12-16(20)21/h1-2,11H,3-10,12,18H2,(H,19,22)(H,20,21)(H,23,24,25). The lowest BCUT2D eigenvalue weighted by Crippen LogP contribution is -2.29. The first kappa shape index (κ1) is 25.7. The Kier molecular flexibility index (Phi) is 11.9. The highest BCUT2D eigenvalue weighted by molar-refractivity contribution is 7.86. The number of aliphatic carboxylic acids is 1. The van der Waals surface area contributed by atoms with Crippen LogP contribution >= 0.6 is 0 Å². The number of anilines is 1. The van der Waals surface area contributed by atoms with Crippen molar-refractivity contribution in [1.82, 2.24) is 5.32 Å². The quantitative estimate of drug-likeness (QED) is 0.143. The molecule has 0 saturated carbocycles. The highest BCUT2D eigenvalue weighted by atomic mass is 32.2. The van der Waals surface area contributed by atoms with Gasteiger partial charge >= 0.3 is 5.97 Å². The molecule has 170 valence electrons. The van der Waals surface area contributed by atoms with Crippen molar-refractivity contribution in [3.05, 3.63) is 23.8 Å². The Balaban J connectivity index is 2.09. The molecule has 1 aromatic carbocycles. The number of ether oxygens (including phenoxy) is 4. The number of nitrogen functional groups attached to an aromatic ring is 1. The van der Waals surface area contributed by atoms with Crippen molar-refractivity contribution in [2.45, 2.75) is 4.90 Å². The van der Waals surface area contributed by atoms with Gasteiger partial charge in [-0.25, -0.2) is 4.79 Å². The Hall–Kier alpha value is -2.29. The van der Waals surface area contributed by atoms with E-state index in [0.29, 0.717) is 19.8 Å². The zero-order chi connectivity index (χ0) is 22.4. The van der Waals surface area contributed by atoms with E-state index >= 15 is 0 Å². The summed E-state index contributed by atoms with van der Waals surface area (Å²) in [5.74, 6) is -1.72. The minimum atomic E-state index is -4.59. The molecule has 0 heterocycles. The highest BCUT2D eigenvalue weighted by Gasteiger charge is 2.20. The lowest BCUT2D eigenvalue weighted by Gasteiger charge is -2.10. The van der Waals surface area contributed by atoms with Crippen LogP contribution in [0.15, 0.2) is 23.1 Å². The molecule has 0 unspecified atom stereocenters. The molecule has 5 N–H and O–H groups in total. The summed E-state index contributed by atoms with van der Waals surface area (Å²) in [6.45, 7) is 1.60. The van der Waals surface area contributed by atoms with Gasteiger partial charge in [0, 0.05) is 12.2 Å². The van der Waals surface area contributed by atoms with Gasteiger partial charge in [-0.15, -0.1) is 0 Å². The Morgan fingerprint density at radius 1 is 0.933 bits per heavy atom. The predicted molar refractivity (Wildman–Crippen MR) is 104 cm³/mol. The van der Waals surface area contributed by atoms with Crippen LogP contribution in [0.4, 0.5) is 5.69 Å². The molecule has 0 aliphatic rings. The molecule has 0 aromatic heterocycles. The lowest BCUT2D eigenvalue weighted by molar-refractivity contribution is -0.142. The molecule has 0 aliphatic heterocycles. The summed E-state index contributed by atoms with van der Waals surface area (Å²) in [6.07, 6.45) is 0. The molecule has 0 fully saturated rings. The number of carbonyl (C=O) groups is 2. The van der Waals surface area contributed by atoms with Crippen LogP contribution in [-0.4, -0.2) is 89.4 Å². The van der Waals surface area contributed by atoms with Crippen LogP contribution in [0.5, 0.6) is 0 Å². The Morgan fingerprint density at radius 2 is 1.47 bits per heavy atom. The van der Waals surface area contributed by atoms with E-state index in [1.807, 2.05) is 0 Å². The molecular weight excluding hydrogens is 424 g/mol. The number of nitrogens with two attached hydrogens (primary N) is 1. The van der Waals surface area contributed by atoms with Crippen molar-refractivity contribution in [2.24, 2.45) is 0 Å². The van der Waals surface area contributed by atoms with E-state index in [2.05, 4.69) is 5.32 Å². The average molecular weight is 450 g/mol. The fourth-order valence-corrected chi connectivity index (χ4v) is 2.81. The number of hydrogen-bond donors (Lipinski definition) is 4. The molecule has 1 aromatic rings. The van der Waals surface area contributed by atoms with Crippen molar-refractivity contribution in [2.75, 3.05) is 65.1 Å². The first-order valence-electron chi connectivity index (χ1n) is 8.90. The zero-order valence-electron chi connectivity index (χ0n) is 16.2. The number of hydrogen-bond acceptors (Lipinski definition) is 9. The summed E-state index contributed by atoms with van der Waals surface area (Å²) in [5, 5.41) is 10.8. The van der Waals surface area contributed by atoms with Crippen LogP contribution in [0.1, 0.15) is 10.4 Å². The van der Waals surface area contributed by atoms with Crippen molar-refractivity contribution in [1.29, 1.82) is 0 Å². The largest absolute Gasteiger partial charge is 0.480 e. The first-order valence-corrected chi connectivity index (χ1v) is 10.3. The second kappa shape index (κ2) is 13.8. The molecule has 1 rings (SSSR count). The van der Waals surface area contributed by atoms with E-state index in [-0.39, 0.29) is 50.8 Å². The van der Waals surface area contributed by atoms with Crippen molar-refractivity contribution in [3.8, 4) is 0 Å². The summed E-state index contributed by atoms with van der Waals surface area (Å²) in [5.41, 5.74) is 5.37. The highest BCUT2D eigenvalue weighted by Crippen LogP contribution is 2.18. The summed E-state index contributed by atoms with van der Waals surface area (Å²) < 4.78 is 52.4. The van der Waals surface area contributed by atoms with Gasteiger partial charge in [0.15, 0.2) is 0 Å². The van der Waals surface area contributed by atoms with Crippen LogP contribution < -0.4 is 11.1 Å². The maximum absolute atomic E-state index is 12.1. The van der Waals surface area contributed by atoms with E-state index in [0.717, 1.165) is 6.07 Å². The molecule has 30 heavy (non-hydrogen) atoms. The minimum absolute atomic E-state index is 0.0967. The van der Waals surface area contributed by atoms with Crippen LogP contribution in [0.2, 0.25) is 0 Å². The van der Waals surface area contributed by atoms with E-state index in [4.69, 9.17) is 29.8 Å². The number of amides is 1. The van der Waals surface area contributed by atoms with Gasteiger partial charge in [0.25, 0.3) is 16.0 Å². The normalized spacial score (nSPS) is 11.4. The lowest BCUT2D eigenvalue weighted by atomic mass is 10.2. The molecule has 0 atom stereocenters. The van der Waals surface area contributed by atoms with Gasteiger partial charge in [-0.05, 0) is 18.2 Å². The molecule has 12 nitrogen and oxygen atoms in total. The van der Waals surface area contributed by atoms with E-state index in [1.165, 1.54) is 12.1 Å². The van der Waals surface area contributed by atoms with E-state index < -0.39 is 26.9 Å². The average Bonchev–Trinajstić information content (AvgIpc) is 2.67. The third-order valence-corrected chi connectivity index (χ3v) is 4.30. The van der Waals surface area contributed by atoms with Gasteiger partial charge < -0.3 is 35.1 Å². The van der Waals surface area contributed by atoms with Crippen molar-refractivity contribution in [3.63, 3.8) is 0 Å². The number of benzene rings is 1. The van der Waals surface area contributed by atoms with Crippen LogP contribution in [-0.2, 0) is 33.9 Å². The number of carbonyl (C=O) groups excluding carboxylic acids is 1. The Bertz CT molecular complexity index is 785. The molecule has 1 amide bonds. The SMILES string of the molecule is Nc1ccc(C(=O)NCCOCCOCCOCCOCC(=O)O)c(S(=O)(=O)O)c1. The van der Waals surface area contributed by atoms with Gasteiger partial charge in [0.2, 0.25) is 0 Å². The second-order valence-corrected chi connectivity index (χ2v) is 7.16. The smallest absolute Gasteiger partial charge is 0.329 e.